The number of hydrogen-bond donors (Lipinski definition) is 1. The molecule has 124 valence electrons. The zero-order valence-corrected chi connectivity index (χ0v) is 13.8. The minimum Gasteiger partial charge on any atom is -0.372 e. The van der Waals surface area contributed by atoms with E-state index in [2.05, 4.69) is 15.5 Å². The Balaban J connectivity index is 1.68. The van der Waals surface area contributed by atoms with Crippen molar-refractivity contribution in [1.82, 2.24) is 20.4 Å². The fourth-order valence-corrected chi connectivity index (χ4v) is 2.49. The Bertz CT molecular complexity index is 479. The van der Waals surface area contributed by atoms with Gasteiger partial charge < -0.3 is 19.5 Å². The Kier molecular flexibility index (Phi) is 5.76. The van der Waals surface area contributed by atoms with E-state index in [0.717, 1.165) is 12.2 Å². The number of urea groups is 1. The maximum Gasteiger partial charge on any atom is 0.317 e. The van der Waals surface area contributed by atoms with Gasteiger partial charge in [0.1, 0.15) is 0 Å². The zero-order valence-electron chi connectivity index (χ0n) is 13.8. The van der Waals surface area contributed by atoms with Gasteiger partial charge in [-0.2, -0.15) is 4.98 Å². The van der Waals surface area contributed by atoms with E-state index >= 15 is 0 Å². The van der Waals surface area contributed by atoms with Crippen LogP contribution in [-0.2, 0) is 11.2 Å². The van der Waals surface area contributed by atoms with Crippen molar-refractivity contribution in [2.24, 2.45) is 0 Å². The summed E-state index contributed by atoms with van der Waals surface area (Å²) in [6, 6.07) is -0.0320. The quantitative estimate of drug-likeness (QED) is 0.841. The van der Waals surface area contributed by atoms with Crippen molar-refractivity contribution in [1.29, 1.82) is 0 Å². The summed E-state index contributed by atoms with van der Waals surface area (Å²) < 4.78 is 10.8. The van der Waals surface area contributed by atoms with Gasteiger partial charge in [0.05, 0.1) is 12.2 Å². The molecule has 0 radical (unpaired) electrons. The molecule has 0 aromatic carbocycles. The lowest BCUT2D eigenvalue weighted by Crippen LogP contribution is -2.51. The molecule has 1 N–H and O–H groups in total. The van der Waals surface area contributed by atoms with Crippen molar-refractivity contribution in [2.45, 2.75) is 58.7 Å². The van der Waals surface area contributed by atoms with Crippen LogP contribution in [0.3, 0.4) is 0 Å². The van der Waals surface area contributed by atoms with Gasteiger partial charge >= 0.3 is 6.03 Å². The highest BCUT2D eigenvalue weighted by Gasteiger charge is 2.25. The van der Waals surface area contributed by atoms with Crippen LogP contribution in [0.25, 0.3) is 0 Å². The second kappa shape index (κ2) is 7.58. The number of hydrogen-bond acceptors (Lipinski definition) is 5. The summed E-state index contributed by atoms with van der Waals surface area (Å²) in [7, 11) is 0. The van der Waals surface area contributed by atoms with Crippen molar-refractivity contribution in [3.05, 3.63) is 11.7 Å². The molecular formula is C15H26N4O3. The molecule has 2 rings (SSSR count). The van der Waals surface area contributed by atoms with Gasteiger partial charge in [0.15, 0.2) is 5.82 Å². The fourth-order valence-electron chi connectivity index (χ4n) is 2.49. The normalized spacial score (nSPS) is 22.1. The number of aromatic nitrogens is 2. The third-order valence-electron chi connectivity index (χ3n) is 3.55. The Labute approximate surface area is 131 Å². The second-order valence-electron chi connectivity index (χ2n) is 6.20. The van der Waals surface area contributed by atoms with Crippen LogP contribution < -0.4 is 5.32 Å². The van der Waals surface area contributed by atoms with Crippen molar-refractivity contribution < 1.29 is 14.1 Å². The van der Waals surface area contributed by atoms with Crippen LogP contribution >= 0.6 is 0 Å². The van der Waals surface area contributed by atoms with E-state index in [1.54, 1.807) is 0 Å². The zero-order chi connectivity index (χ0) is 16.1. The number of carbonyl (C=O) groups excluding carboxylic acids is 1. The number of aryl methyl sites for hydroxylation is 1. The van der Waals surface area contributed by atoms with Crippen LogP contribution in [0.1, 0.15) is 51.7 Å². The lowest BCUT2D eigenvalue weighted by Gasteiger charge is -2.35. The first-order chi connectivity index (χ1) is 10.5. The number of nitrogens with one attached hydrogen (secondary N) is 1. The molecule has 1 aromatic rings. The molecule has 7 nitrogen and oxygen atoms in total. The van der Waals surface area contributed by atoms with E-state index in [1.807, 2.05) is 32.6 Å². The number of ether oxygens (including phenoxy) is 1. The lowest BCUT2D eigenvalue weighted by atomic mass is 10.2. The van der Waals surface area contributed by atoms with Crippen molar-refractivity contribution >= 4 is 6.03 Å². The van der Waals surface area contributed by atoms with Gasteiger partial charge in [-0.05, 0) is 20.3 Å². The predicted octanol–water partition coefficient (Wildman–Crippen LogP) is 1.94. The smallest absolute Gasteiger partial charge is 0.317 e. The van der Waals surface area contributed by atoms with Crippen molar-refractivity contribution in [2.75, 3.05) is 19.6 Å². The Morgan fingerprint density at radius 3 is 2.64 bits per heavy atom. The van der Waals surface area contributed by atoms with E-state index < -0.39 is 0 Å². The van der Waals surface area contributed by atoms with Gasteiger partial charge in [-0.1, -0.05) is 19.0 Å². The molecule has 2 atom stereocenters. The first kappa shape index (κ1) is 16.7. The molecule has 1 aromatic heterocycles. The third-order valence-corrected chi connectivity index (χ3v) is 3.55. The number of rotatable bonds is 5. The van der Waals surface area contributed by atoms with Crippen LogP contribution in [0.2, 0.25) is 0 Å². The average Bonchev–Trinajstić information content (AvgIpc) is 2.91. The topological polar surface area (TPSA) is 80.5 Å². The molecule has 0 bridgehead atoms. The number of carbonyl (C=O) groups is 1. The van der Waals surface area contributed by atoms with Crippen molar-refractivity contribution in [3.8, 4) is 0 Å². The van der Waals surface area contributed by atoms with Gasteiger partial charge in [0, 0.05) is 32.0 Å². The molecule has 0 spiro atoms. The minimum atomic E-state index is -0.0320. The van der Waals surface area contributed by atoms with Crippen LogP contribution in [0.15, 0.2) is 4.52 Å². The molecular weight excluding hydrogens is 284 g/mol. The van der Waals surface area contributed by atoms with Crippen LogP contribution in [0.4, 0.5) is 4.79 Å². The monoisotopic (exact) mass is 310 g/mol. The number of amides is 2. The average molecular weight is 310 g/mol. The maximum atomic E-state index is 12.1. The Morgan fingerprint density at radius 2 is 2.05 bits per heavy atom. The first-order valence-electron chi connectivity index (χ1n) is 7.96. The predicted molar refractivity (Wildman–Crippen MR) is 81.7 cm³/mol. The summed E-state index contributed by atoms with van der Waals surface area (Å²) in [6.07, 6.45) is 1.63. The lowest BCUT2D eigenvalue weighted by molar-refractivity contribution is -0.0545. The summed E-state index contributed by atoms with van der Waals surface area (Å²) in [5.74, 6) is 1.63. The third kappa shape index (κ3) is 4.69. The van der Waals surface area contributed by atoms with E-state index in [-0.39, 0.29) is 24.2 Å². The van der Waals surface area contributed by atoms with E-state index in [1.165, 1.54) is 0 Å². The maximum absolute atomic E-state index is 12.1. The summed E-state index contributed by atoms with van der Waals surface area (Å²) in [5, 5.41) is 6.86. The standard InChI is InChI=1S/C15H26N4O3/c1-10(2)14-17-13(22-18-14)6-5-7-16-15(20)19-8-11(3)21-12(4)9-19/h10-12H,5-9H2,1-4H3,(H,16,20). The summed E-state index contributed by atoms with van der Waals surface area (Å²) in [4.78, 5) is 18.2. The Hall–Kier alpha value is -1.63. The van der Waals surface area contributed by atoms with Gasteiger partial charge in [0.2, 0.25) is 5.89 Å². The molecule has 0 saturated carbocycles. The highest BCUT2D eigenvalue weighted by molar-refractivity contribution is 5.74. The first-order valence-corrected chi connectivity index (χ1v) is 7.96. The fraction of sp³-hybridized carbons (Fsp3) is 0.800. The summed E-state index contributed by atoms with van der Waals surface area (Å²) in [5.41, 5.74) is 0. The molecule has 2 heterocycles. The molecule has 1 fully saturated rings. The largest absolute Gasteiger partial charge is 0.372 e. The second-order valence-corrected chi connectivity index (χ2v) is 6.20. The molecule has 1 aliphatic rings. The molecule has 1 saturated heterocycles. The van der Waals surface area contributed by atoms with Crippen LogP contribution in [0, 0.1) is 0 Å². The molecule has 2 amide bonds. The number of nitrogens with zero attached hydrogens (tertiary/aromatic N) is 3. The SMILES string of the molecule is CC1CN(C(=O)NCCCc2nc(C(C)C)no2)CC(C)O1. The van der Waals surface area contributed by atoms with E-state index in [4.69, 9.17) is 9.26 Å². The summed E-state index contributed by atoms with van der Waals surface area (Å²) in [6.45, 7) is 9.89. The number of morpholine rings is 1. The molecule has 2 unspecified atom stereocenters. The molecule has 7 heteroatoms. The van der Waals surface area contributed by atoms with Crippen LogP contribution in [-0.4, -0.2) is 52.9 Å². The van der Waals surface area contributed by atoms with E-state index in [0.29, 0.717) is 31.9 Å². The summed E-state index contributed by atoms with van der Waals surface area (Å²) >= 11 is 0. The highest BCUT2D eigenvalue weighted by Crippen LogP contribution is 2.11. The van der Waals surface area contributed by atoms with Gasteiger partial charge in [-0.25, -0.2) is 4.79 Å². The van der Waals surface area contributed by atoms with Gasteiger partial charge in [-0.15, -0.1) is 0 Å². The van der Waals surface area contributed by atoms with E-state index in [9.17, 15) is 4.79 Å². The van der Waals surface area contributed by atoms with Gasteiger partial charge in [-0.3, -0.25) is 0 Å². The van der Waals surface area contributed by atoms with Gasteiger partial charge in [0.25, 0.3) is 0 Å². The van der Waals surface area contributed by atoms with Crippen molar-refractivity contribution in [3.63, 3.8) is 0 Å². The Morgan fingerprint density at radius 1 is 1.36 bits per heavy atom. The minimum absolute atomic E-state index is 0.0320. The highest BCUT2D eigenvalue weighted by atomic mass is 16.5. The van der Waals surface area contributed by atoms with Crippen LogP contribution in [0.5, 0.6) is 0 Å². The molecule has 1 aliphatic heterocycles. The molecule has 0 aliphatic carbocycles. The molecule has 22 heavy (non-hydrogen) atoms.